The molecule has 0 aromatic carbocycles. The zero-order chi connectivity index (χ0) is 10.2. The molecule has 4 nitrogen and oxygen atoms in total. The maximum atomic E-state index is 4.36. The lowest BCUT2D eigenvalue weighted by molar-refractivity contribution is 0.544. The van der Waals surface area contributed by atoms with Crippen molar-refractivity contribution in [1.29, 1.82) is 0 Å². The predicted octanol–water partition coefficient (Wildman–Crippen LogP) is 1.58. The van der Waals surface area contributed by atoms with Crippen LogP contribution in [0.3, 0.4) is 0 Å². The number of rotatable bonds is 7. The Morgan fingerprint density at radius 2 is 2.21 bits per heavy atom. The van der Waals surface area contributed by atoms with Crippen molar-refractivity contribution in [3.8, 4) is 0 Å². The SMILES string of the molecule is CCCCCn1cnc(CNCC)n1. The van der Waals surface area contributed by atoms with Crippen molar-refractivity contribution in [3.63, 3.8) is 0 Å². The highest BCUT2D eigenvalue weighted by Crippen LogP contribution is 1.97. The van der Waals surface area contributed by atoms with E-state index in [-0.39, 0.29) is 0 Å². The molecule has 80 valence electrons. The molecule has 0 amide bonds. The first-order chi connectivity index (χ1) is 6.86. The van der Waals surface area contributed by atoms with Gasteiger partial charge in [0.05, 0.1) is 6.54 Å². The van der Waals surface area contributed by atoms with E-state index in [2.05, 4.69) is 29.2 Å². The predicted molar refractivity (Wildman–Crippen MR) is 56.9 cm³/mol. The summed E-state index contributed by atoms with van der Waals surface area (Å²) in [5.74, 6) is 0.892. The normalized spacial score (nSPS) is 10.7. The van der Waals surface area contributed by atoms with E-state index in [9.17, 15) is 0 Å². The Labute approximate surface area is 85.7 Å². The quantitative estimate of drug-likeness (QED) is 0.673. The van der Waals surface area contributed by atoms with E-state index in [4.69, 9.17) is 0 Å². The van der Waals surface area contributed by atoms with Crippen LogP contribution < -0.4 is 5.32 Å². The Kier molecular flexibility index (Phi) is 5.22. The maximum Gasteiger partial charge on any atom is 0.164 e. The van der Waals surface area contributed by atoms with Crippen LogP contribution in [0.5, 0.6) is 0 Å². The molecule has 0 aliphatic rings. The fourth-order valence-electron chi connectivity index (χ4n) is 1.28. The average molecular weight is 196 g/mol. The second-order valence-corrected chi connectivity index (χ2v) is 3.41. The van der Waals surface area contributed by atoms with Gasteiger partial charge in [-0.2, -0.15) is 5.10 Å². The number of nitrogens with zero attached hydrogens (tertiary/aromatic N) is 3. The largest absolute Gasteiger partial charge is 0.310 e. The molecule has 1 aromatic heterocycles. The molecule has 1 N–H and O–H groups in total. The molecule has 0 saturated carbocycles. The second-order valence-electron chi connectivity index (χ2n) is 3.41. The van der Waals surface area contributed by atoms with Gasteiger partial charge in [0.2, 0.25) is 0 Å². The minimum absolute atomic E-state index is 0.775. The van der Waals surface area contributed by atoms with Gasteiger partial charge < -0.3 is 5.32 Å². The second kappa shape index (κ2) is 6.54. The van der Waals surface area contributed by atoms with E-state index < -0.39 is 0 Å². The Balaban J connectivity index is 2.27. The maximum absolute atomic E-state index is 4.36. The van der Waals surface area contributed by atoms with Gasteiger partial charge in [0.15, 0.2) is 5.82 Å². The minimum atomic E-state index is 0.775. The van der Waals surface area contributed by atoms with Crippen molar-refractivity contribution in [2.75, 3.05) is 6.54 Å². The third-order valence-corrected chi connectivity index (χ3v) is 2.11. The van der Waals surface area contributed by atoms with Crippen molar-refractivity contribution >= 4 is 0 Å². The van der Waals surface area contributed by atoms with Crippen molar-refractivity contribution in [2.45, 2.75) is 46.2 Å². The van der Waals surface area contributed by atoms with Crippen LogP contribution in [-0.2, 0) is 13.1 Å². The van der Waals surface area contributed by atoms with Gasteiger partial charge in [-0.15, -0.1) is 0 Å². The van der Waals surface area contributed by atoms with Gasteiger partial charge in [0.1, 0.15) is 6.33 Å². The van der Waals surface area contributed by atoms with Gasteiger partial charge in [-0.3, -0.25) is 4.68 Å². The van der Waals surface area contributed by atoms with E-state index in [0.29, 0.717) is 0 Å². The van der Waals surface area contributed by atoms with Crippen LogP contribution >= 0.6 is 0 Å². The van der Waals surface area contributed by atoms with E-state index in [1.165, 1.54) is 19.3 Å². The average Bonchev–Trinajstić information content (AvgIpc) is 2.63. The highest BCUT2D eigenvalue weighted by atomic mass is 15.3. The van der Waals surface area contributed by atoms with Gasteiger partial charge in [0, 0.05) is 6.54 Å². The summed E-state index contributed by atoms with van der Waals surface area (Å²) in [4.78, 5) is 4.22. The van der Waals surface area contributed by atoms with Crippen LogP contribution in [0, 0.1) is 0 Å². The van der Waals surface area contributed by atoms with Crippen molar-refractivity contribution in [2.24, 2.45) is 0 Å². The molecule has 0 saturated heterocycles. The summed E-state index contributed by atoms with van der Waals surface area (Å²) >= 11 is 0. The molecule has 0 unspecified atom stereocenters. The minimum Gasteiger partial charge on any atom is -0.310 e. The molecule has 1 aromatic rings. The first-order valence-electron chi connectivity index (χ1n) is 5.45. The first kappa shape index (κ1) is 11.2. The molecule has 14 heavy (non-hydrogen) atoms. The zero-order valence-corrected chi connectivity index (χ0v) is 9.16. The summed E-state index contributed by atoms with van der Waals surface area (Å²) < 4.78 is 1.93. The topological polar surface area (TPSA) is 42.7 Å². The lowest BCUT2D eigenvalue weighted by Crippen LogP contribution is -2.13. The van der Waals surface area contributed by atoms with Crippen molar-refractivity contribution in [1.82, 2.24) is 20.1 Å². The third kappa shape index (κ3) is 3.87. The summed E-state index contributed by atoms with van der Waals surface area (Å²) in [6.07, 6.45) is 5.53. The van der Waals surface area contributed by atoms with Gasteiger partial charge >= 0.3 is 0 Å². The van der Waals surface area contributed by atoms with Crippen LogP contribution in [0.1, 0.15) is 38.9 Å². The molecule has 4 heteroatoms. The van der Waals surface area contributed by atoms with E-state index in [1.807, 2.05) is 11.0 Å². The molecule has 1 rings (SSSR count). The summed E-state index contributed by atoms with van der Waals surface area (Å²) in [5.41, 5.74) is 0. The molecule has 0 fully saturated rings. The molecule has 0 radical (unpaired) electrons. The van der Waals surface area contributed by atoms with Crippen LogP contribution in [0.2, 0.25) is 0 Å². The number of aryl methyl sites for hydroxylation is 1. The Bertz CT molecular complexity index is 244. The molecule has 0 aliphatic heterocycles. The Hall–Kier alpha value is -0.900. The lowest BCUT2D eigenvalue weighted by Gasteiger charge is -1.98. The van der Waals surface area contributed by atoms with Gasteiger partial charge in [-0.25, -0.2) is 4.98 Å². The molecule has 1 heterocycles. The fraction of sp³-hybridized carbons (Fsp3) is 0.800. The highest BCUT2D eigenvalue weighted by Gasteiger charge is 1.98. The van der Waals surface area contributed by atoms with Crippen LogP contribution in [-0.4, -0.2) is 21.3 Å². The van der Waals surface area contributed by atoms with Gasteiger partial charge in [-0.05, 0) is 13.0 Å². The lowest BCUT2D eigenvalue weighted by atomic mass is 10.2. The van der Waals surface area contributed by atoms with Crippen LogP contribution in [0.25, 0.3) is 0 Å². The smallest absolute Gasteiger partial charge is 0.164 e. The molecule has 0 spiro atoms. The van der Waals surface area contributed by atoms with Crippen molar-refractivity contribution < 1.29 is 0 Å². The van der Waals surface area contributed by atoms with Crippen molar-refractivity contribution in [3.05, 3.63) is 12.2 Å². The molecule has 0 atom stereocenters. The van der Waals surface area contributed by atoms with Crippen LogP contribution in [0.15, 0.2) is 6.33 Å². The van der Waals surface area contributed by atoms with E-state index in [0.717, 1.165) is 25.5 Å². The first-order valence-corrected chi connectivity index (χ1v) is 5.45. The summed E-state index contributed by atoms with van der Waals surface area (Å²) in [5, 5.41) is 7.57. The Morgan fingerprint density at radius 3 is 2.93 bits per heavy atom. The van der Waals surface area contributed by atoms with Gasteiger partial charge in [0.25, 0.3) is 0 Å². The Morgan fingerprint density at radius 1 is 1.36 bits per heavy atom. The van der Waals surface area contributed by atoms with E-state index in [1.54, 1.807) is 0 Å². The fourth-order valence-corrected chi connectivity index (χ4v) is 1.28. The third-order valence-electron chi connectivity index (χ3n) is 2.11. The number of hydrogen-bond donors (Lipinski definition) is 1. The molecular weight excluding hydrogens is 176 g/mol. The molecule has 0 bridgehead atoms. The summed E-state index contributed by atoms with van der Waals surface area (Å²) in [6, 6.07) is 0. The van der Waals surface area contributed by atoms with Crippen LogP contribution in [0.4, 0.5) is 0 Å². The summed E-state index contributed by atoms with van der Waals surface area (Å²) in [6.45, 7) is 7.02. The number of unbranched alkanes of at least 4 members (excludes halogenated alkanes) is 2. The van der Waals surface area contributed by atoms with E-state index >= 15 is 0 Å². The number of aromatic nitrogens is 3. The standard InChI is InChI=1S/C10H20N4/c1-3-5-6-7-14-9-12-10(13-14)8-11-4-2/h9,11H,3-8H2,1-2H3. The number of hydrogen-bond acceptors (Lipinski definition) is 3. The molecular formula is C10H20N4. The molecule has 0 aliphatic carbocycles. The van der Waals surface area contributed by atoms with Gasteiger partial charge in [-0.1, -0.05) is 26.7 Å². The monoisotopic (exact) mass is 196 g/mol. The number of nitrogens with one attached hydrogen (secondary N) is 1. The summed E-state index contributed by atoms with van der Waals surface area (Å²) in [7, 11) is 0. The zero-order valence-electron chi connectivity index (χ0n) is 9.16. The highest BCUT2D eigenvalue weighted by molar-refractivity contribution is 4.80.